The molecule has 1 aliphatic heterocycles. The molecule has 114 valence electrons. The summed E-state index contributed by atoms with van der Waals surface area (Å²) in [7, 11) is 0. The van der Waals surface area contributed by atoms with Crippen molar-refractivity contribution in [2.45, 2.75) is 63.8 Å². The number of urea groups is 1. The Kier molecular flexibility index (Phi) is 4.89. The topological polar surface area (TPSA) is 69.6 Å². The molecule has 1 saturated heterocycles. The molecule has 5 nitrogen and oxygen atoms in total. The molecule has 2 fully saturated rings. The Hall–Kier alpha value is -1.26. The number of carbonyl (C=O) groups is 2. The zero-order chi connectivity index (χ0) is 14.6. The molecule has 0 aromatic rings. The minimum Gasteiger partial charge on any atom is -0.480 e. The van der Waals surface area contributed by atoms with Crippen LogP contribution in [0.3, 0.4) is 0 Å². The van der Waals surface area contributed by atoms with Gasteiger partial charge in [-0.2, -0.15) is 0 Å². The number of amides is 2. The maximum atomic E-state index is 12.3. The Morgan fingerprint density at radius 2 is 1.90 bits per heavy atom. The fourth-order valence-electron chi connectivity index (χ4n) is 3.36. The Labute approximate surface area is 120 Å². The van der Waals surface area contributed by atoms with Crippen molar-refractivity contribution in [3.8, 4) is 0 Å². The van der Waals surface area contributed by atoms with Crippen molar-refractivity contribution in [2.24, 2.45) is 5.92 Å². The minimum absolute atomic E-state index is 0.190. The first-order chi connectivity index (χ1) is 9.57. The molecule has 2 aliphatic rings. The van der Waals surface area contributed by atoms with Crippen LogP contribution in [0.5, 0.6) is 0 Å². The molecular formula is C15H26N2O3. The molecule has 1 aliphatic carbocycles. The maximum absolute atomic E-state index is 12.3. The average Bonchev–Trinajstić information content (AvgIpc) is 2.79. The molecule has 0 bridgehead atoms. The summed E-state index contributed by atoms with van der Waals surface area (Å²) in [4.78, 5) is 25.8. The van der Waals surface area contributed by atoms with Gasteiger partial charge in [-0.05, 0) is 25.2 Å². The van der Waals surface area contributed by atoms with Crippen molar-refractivity contribution >= 4 is 12.0 Å². The predicted molar refractivity (Wildman–Crippen MR) is 76.6 cm³/mol. The summed E-state index contributed by atoms with van der Waals surface area (Å²) in [6.45, 7) is 3.65. The second-order valence-electron chi connectivity index (χ2n) is 6.24. The number of nitrogens with zero attached hydrogens (tertiary/aromatic N) is 1. The number of carbonyl (C=O) groups excluding carboxylic acids is 1. The standard InChI is InChI=1S/C15H26N2O3/c1-2-12-7-10-17(11-12)14(20)16-15(13(18)19)8-5-3-4-6-9-15/h12H,2-11H2,1H3,(H,16,20)(H,18,19). The summed E-state index contributed by atoms with van der Waals surface area (Å²) in [6.07, 6.45) is 7.10. The molecule has 0 aromatic carbocycles. The third-order valence-corrected chi connectivity index (χ3v) is 4.86. The van der Waals surface area contributed by atoms with Crippen molar-refractivity contribution in [3.05, 3.63) is 0 Å². The molecule has 0 radical (unpaired) electrons. The van der Waals surface area contributed by atoms with Gasteiger partial charge in [0, 0.05) is 13.1 Å². The highest BCUT2D eigenvalue weighted by atomic mass is 16.4. The highest BCUT2D eigenvalue weighted by molar-refractivity contribution is 5.86. The van der Waals surface area contributed by atoms with Crippen molar-refractivity contribution in [1.82, 2.24) is 10.2 Å². The van der Waals surface area contributed by atoms with Gasteiger partial charge < -0.3 is 15.3 Å². The van der Waals surface area contributed by atoms with Gasteiger partial charge in [0.1, 0.15) is 5.54 Å². The summed E-state index contributed by atoms with van der Waals surface area (Å²) in [5.74, 6) is -0.311. The zero-order valence-corrected chi connectivity index (χ0v) is 12.4. The van der Waals surface area contributed by atoms with E-state index in [9.17, 15) is 14.7 Å². The first kappa shape index (κ1) is 15.1. The van der Waals surface area contributed by atoms with E-state index >= 15 is 0 Å². The highest BCUT2D eigenvalue weighted by Crippen LogP contribution is 2.28. The average molecular weight is 282 g/mol. The fraction of sp³-hybridized carbons (Fsp3) is 0.867. The van der Waals surface area contributed by atoms with E-state index in [1.54, 1.807) is 4.90 Å². The van der Waals surface area contributed by atoms with Gasteiger partial charge in [0.15, 0.2) is 0 Å². The molecule has 0 aromatic heterocycles. The van der Waals surface area contributed by atoms with Crippen LogP contribution in [0.4, 0.5) is 4.79 Å². The Bertz CT molecular complexity index is 362. The molecular weight excluding hydrogens is 256 g/mol. The third kappa shape index (κ3) is 3.25. The second-order valence-corrected chi connectivity index (χ2v) is 6.24. The zero-order valence-electron chi connectivity index (χ0n) is 12.4. The van der Waals surface area contributed by atoms with Gasteiger partial charge in [0.05, 0.1) is 0 Å². The summed E-state index contributed by atoms with van der Waals surface area (Å²) in [6, 6.07) is -0.190. The van der Waals surface area contributed by atoms with Gasteiger partial charge in [0.2, 0.25) is 0 Å². The van der Waals surface area contributed by atoms with Gasteiger partial charge in [-0.3, -0.25) is 0 Å². The lowest BCUT2D eigenvalue weighted by molar-refractivity contribution is -0.145. The molecule has 1 unspecified atom stereocenters. The Morgan fingerprint density at radius 1 is 1.25 bits per heavy atom. The normalized spacial score (nSPS) is 26.1. The van der Waals surface area contributed by atoms with E-state index in [0.717, 1.165) is 51.6 Å². The summed E-state index contributed by atoms with van der Waals surface area (Å²) < 4.78 is 0. The van der Waals surface area contributed by atoms with Crippen molar-refractivity contribution in [3.63, 3.8) is 0 Å². The van der Waals surface area contributed by atoms with Crippen molar-refractivity contribution in [2.75, 3.05) is 13.1 Å². The smallest absolute Gasteiger partial charge is 0.329 e. The van der Waals surface area contributed by atoms with E-state index in [4.69, 9.17) is 0 Å². The van der Waals surface area contributed by atoms with Crippen LogP contribution in [-0.4, -0.2) is 40.6 Å². The number of hydrogen-bond acceptors (Lipinski definition) is 2. The monoisotopic (exact) mass is 282 g/mol. The van der Waals surface area contributed by atoms with Crippen LogP contribution in [0.1, 0.15) is 58.3 Å². The van der Waals surface area contributed by atoms with Crippen LogP contribution < -0.4 is 5.32 Å². The van der Waals surface area contributed by atoms with Crippen molar-refractivity contribution in [1.29, 1.82) is 0 Å². The number of hydrogen-bond donors (Lipinski definition) is 2. The maximum Gasteiger partial charge on any atom is 0.329 e. The molecule has 5 heteroatoms. The number of aliphatic carboxylic acids is 1. The SMILES string of the molecule is CCC1CCN(C(=O)NC2(C(=O)O)CCCCCC2)C1. The van der Waals surface area contributed by atoms with Gasteiger partial charge in [-0.15, -0.1) is 0 Å². The largest absolute Gasteiger partial charge is 0.480 e. The van der Waals surface area contributed by atoms with Crippen molar-refractivity contribution < 1.29 is 14.7 Å². The van der Waals surface area contributed by atoms with Gasteiger partial charge in [-0.1, -0.05) is 39.0 Å². The lowest BCUT2D eigenvalue weighted by Gasteiger charge is -2.31. The molecule has 1 atom stereocenters. The van der Waals surface area contributed by atoms with Crippen LogP contribution in [0.25, 0.3) is 0 Å². The van der Waals surface area contributed by atoms with Gasteiger partial charge in [0.25, 0.3) is 0 Å². The summed E-state index contributed by atoms with van der Waals surface area (Å²) in [5, 5.41) is 12.4. The first-order valence-electron chi connectivity index (χ1n) is 7.88. The molecule has 2 rings (SSSR count). The van der Waals surface area contributed by atoms with Crippen LogP contribution in [0, 0.1) is 5.92 Å². The third-order valence-electron chi connectivity index (χ3n) is 4.86. The molecule has 20 heavy (non-hydrogen) atoms. The first-order valence-corrected chi connectivity index (χ1v) is 7.88. The van der Waals surface area contributed by atoms with E-state index in [2.05, 4.69) is 12.2 Å². The number of carboxylic acid groups (broad SMARTS) is 1. The summed E-state index contributed by atoms with van der Waals surface area (Å²) in [5.41, 5.74) is -1.04. The highest BCUT2D eigenvalue weighted by Gasteiger charge is 2.41. The predicted octanol–water partition coefficient (Wildman–Crippen LogP) is 2.61. The molecule has 0 spiro atoms. The van der Waals surface area contributed by atoms with Crippen LogP contribution in [0.2, 0.25) is 0 Å². The molecule has 2 N–H and O–H groups in total. The fourth-order valence-corrected chi connectivity index (χ4v) is 3.36. The number of nitrogens with one attached hydrogen (secondary N) is 1. The van der Waals surface area contributed by atoms with Crippen LogP contribution in [-0.2, 0) is 4.79 Å². The quantitative estimate of drug-likeness (QED) is 0.782. The lowest BCUT2D eigenvalue weighted by Crippen LogP contribution is -2.57. The number of rotatable bonds is 3. The van der Waals surface area contributed by atoms with E-state index in [1.807, 2.05) is 0 Å². The van der Waals surface area contributed by atoms with E-state index < -0.39 is 11.5 Å². The van der Waals surface area contributed by atoms with E-state index in [-0.39, 0.29) is 6.03 Å². The van der Waals surface area contributed by atoms with Gasteiger partial charge >= 0.3 is 12.0 Å². The number of carboxylic acids is 1. The molecule has 2 amide bonds. The second kappa shape index (κ2) is 6.46. The van der Waals surface area contributed by atoms with Crippen LogP contribution in [0.15, 0.2) is 0 Å². The van der Waals surface area contributed by atoms with Crippen LogP contribution >= 0.6 is 0 Å². The van der Waals surface area contributed by atoms with E-state index in [0.29, 0.717) is 18.8 Å². The minimum atomic E-state index is -1.04. The molecule has 1 saturated carbocycles. The Balaban J connectivity index is 2.01. The van der Waals surface area contributed by atoms with Gasteiger partial charge in [-0.25, -0.2) is 9.59 Å². The van der Waals surface area contributed by atoms with E-state index in [1.165, 1.54) is 0 Å². The molecule has 1 heterocycles. The lowest BCUT2D eigenvalue weighted by atomic mass is 9.90. The Morgan fingerprint density at radius 3 is 2.40 bits per heavy atom. The number of likely N-dealkylation sites (tertiary alicyclic amines) is 1. The summed E-state index contributed by atoms with van der Waals surface area (Å²) >= 11 is 0.